The van der Waals surface area contributed by atoms with Crippen LogP contribution >= 0.6 is 0 Å². The zero-order valence-electron chi connectivity index (χ0n) is 24.1. The minimum atomic E-state index is -2.24. The highest BCUT2D eigenvalue weighted by molar-refractivity contribution is 6.13. The third-order valence-electron chi connectivity index (χ3n) is 10.4. The summed E-state index contributed by atoms with van der Waals surface area (Å²) in [6.07, 6.45) is 13.0. The van der Waals surface area contributed by atoms with E-state index >= 15 is 0 Å². The van der Waals surface area contributed by atoms with Crippen LogP contribution in [0.2, 0.25) is 0 Å². The van der Waals surface area contributed by atoms with Crippen LogP contribution in [-0.2, 0) is 19.1 Å². The van der Waals surface area contributed by atoms with Crippen molar-refractivity contribution < 1.29 is 29.3 Å². The van der Waals surface area contributed by atoms with Gasteiger partial charge in [-0.1, -0.05) is 91.2 Å². The van der Waals surface area contributed by atoms with Gasteiger partial charge in [0.2, 0.25) is 0 Å². The molecule has 0 aromatic carbocycles. The van der Waals surface area contributed by atoms with Crippen LogP contribution in [-0.4, -0.2) is 46.1 Å². The first kappa shape index (κ1) is 29.2. The first-order valence-electron chi connectivity index (χ1n) is 15.0. The second kappa shape index (κ2) is 11.0. The van der Waals surface area contributed by atoms with E-state index in [1.807, 2.05) is 6.92 Å². The fourth-order valence-corrected chi connectivity index (χ4v) is 8.15. The largest absolute Gasteiger partial charge is 0.454 e. The summed E-state index contributed by atoms with van der Waals surface area (Å²) >= 11 is 0. The summed E-state index contributed by atoms with van der Waals surface area (Å²) in [6.45, 7) is 9.60. The molecule has 6 nitrogen and oxygen atoms in total. The molecule has 0 amide bonds. The second-order valence-corrected chi connectivity index (χ2v) is 13.1. The number of Topliss-reactive ketones (excluding diaryl/α,β-unsaturated/α-hetero) is 2. The average Bonchev–Trinajstić information content (AvgIpc) is 3.38. The summed E-state index contributed by atoms with van der Waals surface area (Å²) in [4.78, 5) is 41.0. The highest BCUT2D eigenvalue weighted by Gasteiger charge is 2.76. The van der Waals surface area contributed by atoms with Gasteiger partial charge in [-0.3, -0.25) is 14.4 Å². The zero-order valence-corrected chi connectivity index (χ0v) is 24.1. The van der Waals surface area contributed by atoms with Crippen LogP contribution in [0.1, 0.15) is 105 Å². The lowest BCUT2D eigenvalue weighted by Crippen LogP contribution is -2.64. The number of ketones is 2. The first-order chi connectivity index (χ1) is 18.0. The molecule has 4 rings (SSSR count). The maximum atomic E-state index is 14.3. The Hall–Kier alpha value is -1.79. The van der Waals surface area contributed by atoms with Crippen LogP contribution < -0.4 is 0 Å². The molecule has 0 radical (unpaired) electrons. The number of allylic oxidation sites excluding steroid dienone is 1. The highest BCUT2D eigenvalue weighted by Crippen LogP contribution is 2.71. The van der Waals surface area contributed by atoms with Crippen molar-refractivity contribution in [3.63, 3.8) is 0 Å². The number of carbonyl (C=O) groups excluding carboxylic acids is 3. The predicted molar refractivity (Wildman–Crippen MR) is 146 cm³/mol. The molecule has 212 valence electrons. The molecule has 0 saturated heterocycles. The number of hydrogen-bond donors (Lipinski definition) is 2. The van der Waals surface area contributed by atoms with E-state index in [-0.39, 0.29) is 35.0 Å². The molecule has 0 heterocycles. The Labute approximate surface area is 228 Å². The SMILES string of the molecule is CCCCCCCCCCCC(=O)O[C@@H]1C(CO)=C[C@H]2C(=O)[C@]3(C=C(C)C(=O)[C@@]13O)[C@H](C)C[C@@H]1[C@H]2C1(C)C. The van der Waals surface area contributed by atoms with Gasteiger partial charge in [-0.2, -0.15) is 0 Å². The minimum Gasteiger partial charge on any atom is -0.454 e. The fraction of sp³-hybridized carbons (Fsp3) is 0.781. The van der Waals surface area contributed by atoms with Gasteiger partial charge in [-0.05, 0) is 54.1 Å². The summed E-state index contributed by atoms with van der Waals surface area (Å²) in [6, 6.07) is 0. The molecule has 2 fully saturated rings. The van der Waals surface area contributed by atoms with Gasteiger partial charge in [0.25, 0.3) is 0 Å². The zero-order chi connectivity index (χ0) is 27.9. The van der Waals surface area contributed by atoms with Crippen LogP contribution in [0.5, 0.6) is 0 Å². The lowest BCUT2D eigenvalue weighted by atomic mass is 9.59. The van der Waals surface area contributed by atoms with Crippen molar-refractivity contribution in [2.75, 3.05) is 6.61 Å². The fourth-order valence-electron chi connectivity index (χ4n) is 8.15. The lowest BCUT2D eigenvalue weighted by Gasteiger charge is -2.46. The van der Waals surface area contributed by atoms with Gasteiger partial charge < -0.3 is 14.9 Å². The number of esters is 1. The van der Waals surface area contributed by atoms with Crippen LogP contribution in [0.25, 0.3) is 0 Å². The molecule has 2 bridgehead atoms. The monoisotopic (exact) mass is 528 g/mol. The van der Waals surface area contributed by atoms with Gasteiger partial charge in [-0.25, -0.2) is 0 Å². The van der Waals surface area contributed by atoms with Gasteiger partial charge in [0.05, 0.1) is 12.0 Å². The Morgan fingerprint density at radius 3 is 2.26 bits per heavy atom. The van der Waals surface area contributed by atoms with E-state index in [0.717, 1.165) is 19.3 Å². The Kier molecular flexibility index (Phi) is 8.45. The van der Waals surface area contributed by atoms with Crippen molar-refractivity contribution in [3.8, 4) is 0 Å². The van der Waals surface area contributed by atoms with Crippen molar-refractivity contribution in [1.82, 2.24) is 0 Å². The van der Waals surface area contributed by atoms with E-state index in [4.69, 9.17) is 4.74 Å². The van der Waals surface area contributed by atoms with E-state index < -0.39 is 41.4 Å². The lowest BCUT2D eigenvalue weighted by molar-refractivity contribution is -0.186. The number of aliphatic hydroxyl groups excluding tert-OH is 1. The number of unbranched alkanes of at least 4 members (excludes halogenated alkanes) is 8. The molecular weight excluding hydrogens is 480 g/mol. The van der Waals surface area contributed by atoms with Crippen LogP contribution in [0.3, 0.4) is 0 Å². The van der Waals surface area contributed by atoms with Gasteiger partial charge in [0.1, 0.15) is 0 Å². The molecule has 0 unspecified atom stereocenters. The highest BCUT2D eigenvalue weighted by atomic mass is 16.6. The number of fused-ring (bicyclic) bond motifs is 3. The molecule has 0 aromatic heterocycles. The quantitative estimate of drug-likeness (QED) is 0.197. The smallest absolute Gasteiger partial charge is 0.306 e. The standard InChI is InChI=1S/C32H48O6/c1-6-7-8-9-10-11-12-13-14-15-25(34)38-29-22(19-33)17-23-26-24(30(26,4)5)16-21(3)31(28(23)36)18-20(2)27(35)32(29,31)37/h17-18,21,23-24,26,29,33,37H,6-16,19H2,1-5H3/t21-,23-,24-,26+,29-,31+,32-/m1/s1. The molecule has 2 N–H and O–H groups in total. The second-order valence-electron chi connectivity index (χ2n) is 13.1. The molecule has 4 aliphatic carbocycles. The number of carbonyl (C=O) groups is 3. The van der Waals surface area contributed by atoms with Crippen molar-refractivity contribution in [3.05, 3.63) is 23.3 Å². The predicted octanol–water partition coefficient (Wildman–Crippen LogP) is 5.50. The third-order valence-corrected chi connectivity index (χ3v) is 10.4. The molecular formula is C32H48O6. The Bertz CT molecular complexity index is 1010. The van der Waals surface area contributed by atoms with Crippen molar-refractivity contribution >= 4 is 17.5 Å². The first-order valence-corrected chi connectivity index (χ1v) is 15.0. The topological polar surface area (TPSA) is 101 Å². The molecule has 0 aliphatic heterocycles. The van der Waals surface area contributed by atoms with E-state index in [9.17, 15) is 24.6 Å². The van der Waals surface area contributed by atoms with Crippen LogP contribution in [0.15, 0.2) is 23.3 Å². The van der Waals surface area contributed by atoms with Crippen LogP contribution in [0.4, 0.5) is 0 Å². The summed E-state index contributed by atoms with van der Waals surface area (Å²) in [5, 5.41) is 22.7. The van der Waals surface area contributed by atoms with Gasteiger partial charge in [0, 0.05) is 12.3 Å². The summed E-state index contributed by atoms with van der Waals surface area (Å²) in [5.41, 5.74) is -3.18. The normalized spacial score (nSPS) is 37.0. The maximum Gasteiger partial charge on any atom is 0.306 e. The Morgan fingerprint density at radius 2 is 1.66 bits per heavy atom. The molecule has 38 heavy (non-hydrogen) atoms. The number of ether oxygens (including phenoxy) is 1. The Balaban J connectivity index is 1.53. The molecule has 0 aromatic rings. The average molecular weight is 529 g/mol. The minimum absolute atomic E-state index is 0.0424. The summed E-state index contributed by atoms with van der Waals surface area (Å²) in [5.74, 6) is -1.75. The Morgan fingerprint density at radius 1 is 1.05 bits per heavy atom. The number of aliphatic hydroxyl groups is 2. The molecule has 6 heteroatoms. The molecule has 2 saturated carbocycles. The summed E-state index contributed by atoms with van der Waals surface area (Å²) < 4.78 is 5.90. The maximum absolute atomic E-state index is 14.3. The molecule has 4 aliphatic rings. The number of hydrogen-bond acceptors (Lipinski definition) is 6. The molecule has 1 spiro atoms. The van der Waals surface area contributed by atoms with Crippen LogP contribution in [0, 0.1) is 34.5 Å². The van der Waals surface area contributed by atoms with Crippen molar-refractivity contribution in [2.24, 2.45) is 34.5 Å². The van der Waals surface area contributed by atoms with E-state index in [2.05, 4.69) is 20.8 Å². The van der Waals surface area contributed by atoms with Crippen molar-refractivity contribution in [1.29, 1.82) is 0 Å². The molecule has 7 atom stereocenters. The van der Waals surface area contributed by atoms with E-state index in [1.165, 1.54) is 32.1 Å². The van der Waals surface area contributed by atoms with E-state index in [1.54, 1.807) is 19.1 Å². The van der Waals surface area contributed by atoms with Gasteiger partial charge in [-0.15, -0.1) is 0 Å². The third kappa shape index (κ3) is 4.54. The van der Waals surface area contributed by atoms with E-state index in [0.29, 0.717) is 24.3 Å². The van der Waals surface area contributed by atoms with Crippen molar-refractivity contribution in [2.45, 2.75) is 117 Å². The summed E-state index contributed by atoms with van der Waals surface area (Å²) in [7, 11) is 0. The van der Waals surface area contributed by atoms with Gasteiger partial charge >= 0.3 is 5.97 Å². The number of rotatable bonds is 12. The van der Waals surface area contributed by atoms with Gasteiger partial charge in [0.15, 0.2) is 23.3 Å².